The molecule has 2 heteroatoms. The lowest BCUT2D eigenvalue weighted by Crippen LogP contribution is -2.30. The zero-order valence-electron chi connectivity index (χ0n) is 14.8. The van der Waals surface area contributed by atoms with Gasteiger partial charge in [-0.3, -0.25) is 0 Å². The molecule has 1 aliphatic rings. The summed E-state index contributed by atoms with van der Waals surface area (Å²) in [5.74, 6) is 0.205. The molecule has 2 atom stereocenters. The predicted molar refractivity (Wildman–Crippen MR) is 94.7 cm³/mol. The lowest BCUT2D eigenvalue weighted by Gasteiger charge is -2.24. The fourth-order valence-corrected chi connectivity index (χ4v) is 2.68. The van der Waals surface area contributed by atoms with Crippen molar-refractivity contribution >= 4 is 0 Å². The van der Waals surface area contributed by atoms with Gasteiger partial charge in [-0.05, 0) is 63.5 Å². The van der Waals surface area contributed by atoms with E-state index in [-0.39, 0.29) is 5.92 Å². The molecule has 1 rings (SSSR count). The van der Waals surface area contributed by atoms with E-state index < -0.39 is 12.2 Å². The summed E-state index contributed by atoms with van der Waals surface area (Å²) >= 11 is 0. The Balaban J connectivity index is 3.13. The molecule has 124 valence electrons. The van der Waals surface area contributed by atoms with E-state index in [1.54, 1.807) is 0 Å². The number of allylic oxidation sites excluding steroid dienone is 6. The molecule has 0 saturated heterocycles. The van der Waals surface area contributed by atoms with Crippen LogP contribution in [-0.4, -0.2) is 22.4 Å². The summed E-state index contributed by atoms with van der Waals surface area (Å²) < 4.78 is 0. The first-order valence-corrected chi connectivity index (χ1v) is 8.38. The van der Waals surface area contributed by atoms with E-state index in [4.69, 9.17) is 0 Å². The lowest BCUT2D eigenvalue weighted by atomic mass is 9.90. The molecule has 0 unspecified atom stereocenters. The Morgan fingerprint density at radius 3 is 2.09 bits per heavy atom. The molecular formula is C20H32O2. The van der Waals surface area contributed by atoms with Gasteiger partial charge in [0.05, 0.1) is 0 Å². The van der Waals surface area contributed by atoms with Crippen molar-refractivity contribution in [2.75, 3.05) is 0 Å². The molecule has 0 saturated carbocycles. The monoisotopic (exact) mass is 304 g/mol. The van der Waals surface area contributed by atoms with E-state index in [1.807, 2.05) is 13.0 Å². The molecule has 2 N–H and O–H groups in total. The minimum Gasteiger partial charge on any atom is -0.386 e. The highest BCUT2D eigenvalue weighted by Crippen LogP contribution is 2.22. The molecule has 1 aliphatic carbocycles. The van der Waals surface area contributed by atoms with Gasteiger partial charge >= 0.3 is 0 Å². The minimum atomic E-state index is -0.833. The molecule has 0 aromatic heterocycles. The van der Waals surface area contributed by atoms with E-state index in [0.29, 0.717) is 0 Å². The second kappa shape index (κ2) is 9.12. The average molecular weight is 304 g/mol. The average Bonchev–Trinajstić information content (AvgIpc) is 2.45. The Bertz CT molecular complexity index is 478. The van der Waals surface area contributed by atoms with E-state index in [1.165, 1.54) is 11.1 Å². The molecule has 0 bridgehead atoms. The molecule has 0 heterocycles. The SMILES string of the molecule is C/C1=C/CC/C(C)=C/C=C(C(C)C)[C@@H](O)[C@H](O)/C(C)=C\CC1. The summed E-state index contributed by atoms with van der Waals surface area (Å²) in [5.41, 5.74) is 4.43. The van der Waals surface area contributed by atoms with Gasteiger partial charge in [-0.15, -0.1) is 0 Å². The number of hydrogen-bond donors (Lipinski definition) is 2. The lowest BCUT2D eigenvalue weighted by molar-refractivity contribution is 0.0603. The second-order valence-electron chi connectivity index (χ2n) is 6.80. The van der Waals surface area contributed by atoms with Gasteiger partial charge in [0, 0.05) is 0 Å². The first-order chi connectivity index (χ1) is 10.3. The number of aliphatic hydroxyl groups excluding tert-OH is 2. The van der Waals surface area contributed by atoms with Crippen LogP contribution in [0.4, 0.5) is 0 Å². The first kappa shape index (κ1) is 18.9. The highest BCUT2D eigenvalue weighted by molar-refractivity contribution is 5.25. The Labute approximate surface area is 135 Å². The zero-order valence-corrected chi connectivity index (χ0v) is 14.8. The summed E-state index contributed by atoms with van der Waals surface area (Å²) in [6.45, 7) is 10.3. The Morgan fingerprint density at radius 2 is 1.45 bits per heavy atom. The standard InChI is InChI=1S/C20H32O2/c1-14(2)18-13-12-16(4)9-6-8-15(3)10-7-11-17(5)19(21)20(18)22/h8,11-14,19-22H,6-7,9-10H2,1-5H3/b15-8-,16-12+,17-11-,18-13?/t19-,20-/m1/s1. The van der Waals surface area contributed by atoms with Gasteiger partial charge in [0.2, 0.25) is 0 Å². The van der Waals surface area contributed by atoms with Gasteiger partial charge in [0.1, 0.15) is 12.2 Å². The van der Waals surface area contributed by atoms with Crippen molar-refractivity contribution in [1.82, 2.24) is 0 Å². The van der Waals surface area contributed by atoms with Crippen molar-refractivity contribution in [3.8, 4) is 0 Å². The van der Waals surface area contributed by atoms with E-state index in [9.17, 15) is 10.2 Å². The highest BCUT2D eigenvalue weighted by Gasteiger charge is 2.23. The summed E-state index contributed by atoms with van der Waals surface area (Å²) in [6.07, 6.45) is 10.8. The van der Waals surface area contributed by atoms with E-state index in [0.717, 1.165) is 36.8 Å². The topological polar surface area (TPSA) is 40.5 Å². The third kappa shape index (κ3) is 5.94. The smallest absolute Gasteiger partial charge is 0.105 e. The van der Waals surface area contributed by atoms with Gasteiger partial charge in [-0.1, -0.05) is 49.3 Å². The summed E-state index contributed by atoms with van der Waals surface area (Å²) in [5, 5.41) is 20.9. The molecule has 0 spiro atoms. The minimum absolute atomic E-state index is 0.205. The van der Waals surface area contributed by atoms with Crippen molar-refractivity contribution in [3.05, 3.63) is 46.6 Å². The van der Waals surface area contributed by atoms with Crippen LogP contribution in [0.3, 0.4) is 0 Å². The van der Waals surface area contributed by atoms with Crippen LogP contribution in [0.15, 0.2) is 46.6 Å². The van der Waals surface area contributed by atoms with Crippen LogP contribution in [-0.2, 0) is 0 Å². The molecule has 0 amide bonds. The normalized spacial score (nSPS) is 32.9. The Kier molecular flexibility index (Phi) is 7.84. The molecule has 0 aromatic carbocycles. The maximum Gasteiger partial charge on any atom is 0.105 e. The Hall–Kier alpha value is -1.12. The van der Waals surface area contributed by atoms with Crippen LogP contribution >= 0.6 is 0 Å². The zero-order chi connectivity index (χ0) is 16.7. The molecular weight excluding hydrogens is 272 g/mol. The predicted octanol–water partition coefficient (Wildman–Crippen LogP) is 4.70. The first-order valence-electron chi connectivity index (χ1n) is 8.38. The van der Waals surface area contributed by atoms with Crippen molar-refractivity contribution in [3.63, 3.8) is 0 Å². The maximum atomic E-state index is 10.5. The third-order valence-corrected chi connectivity index (χ3v) is 4.37. The van der Waals surface area contributed by atoms with Crippen LogP contribution in [0.2, 0.25) is 0 Å². The quantitative estimate of drug-likeness (QED) is 0.689. The van der Waals surface area contributed by atoms with Gasteiger partial charge in [-0.2, -0.15) is 0 Å². The van der Waals surface area contributed by atoms with Gasteiger partial charge in [-0.25, -0.2) is 0 Å². The molecule has 0 radical (unpaired) electrons. The van der Waals surface area contributed by atoms with Crippen LogP contribution in [0.25, 0.3) is 0 Å². The summed E-state index contributed by atoms with van der Waals surface area (Å²) in [6, 6.07) is 0. The van der Waals surface area contributed by atoms with E-state index >= 15 is 0 Å². The van der Waals surface area contributed by atoms with Crippen LogP contribution in [0.5, 0.6) is 0 Å². The van der Waals surface area contributed by atoms with E-state index in [2.05, 4.69) is 45.9 Å². The van der Waals surface area contributed by atoms with Crippen LogP contribution in [0, 0.1) is 5.92 Å². The van der Waals surface area contributed by atoms with Gasteiger partial charge < -0.3 is 10.2 Å². The van der Waals surface area contributed by atoms with Crippen LogP contribution in [0.1, 0.15) is 60.3 Å². The van der Waals surface area contributed by atoms with Crippen LogP contribution < -0.4 is 0 Å². The fourth-order valence-electron chi connectivity index (χ4n) is 2.68. The van der Waals surface area contributed by atoms with Gasteiger partial charge in [0.15, 0.2) is 0 Å². The molecule has 2 nitrogen and oxygen atoms in total. The number of rotatable bonds is 1. The number of hydrogen-bond acceptors (Lipinski definition) is 2. The molecule has 0 aromatic rings. The summed E-state index contributed by atoms with van der Waals surface area (Å²) in [4.78, 5) is 0. The number of aliphatic hydroxyl groups is 2. The second-order valence-corrected chi connectivity index (χ2v) is 6.80. The summed E-state index contributed by atoms with van der Waals surface area (Å²) in [7, 11) is 0. The van der Waals surface area contributed by atoms with Gasteiger partial charge in [0.25, 0.3) is 0 Å². The molecule has 0 fully saturated rings. The third-order valence-electron chi connectivity index (χ3n) is 4.37. The fraction of sp³-hybridized carbons (Fsp3) is 0.600. The van der Waals surface area contributed by atoms with Crippen molar-refractivity contribution in [2.45, 2.75) is 72.5 Å². The molecule has 22 heavy (non-hydrogen) atoms. The Morgan fingerprint density at radius 1 is 0.864 bits per heavy atom. The maximum absolute atomic E-state index is 10.5. The largest absolute Gasteiger partial charge is 0.386 e. The molecule has 0 aliphatic heterocycles. The van der Waals surface area contributed by atoms with Crippen molar-refractivity contribution in [2.24, 2.45) is 5.92 Å². The van der Waals surface area contributed by atoms with Crippen molar-refractivity contribution < 1.29 is 10.2 Å². The highest BCUT2D eigenvalue weighted by atomic mass is 16.3. The van der Waals surface area contributed by atoms with Crippen molar-refractivity contribution in [1.29, 1.82) is 0 Å².